The Labute approximate surface area is 224 Å². The van der Waals surface area contributed by atoms with E-state index in [1.165, 1.54) is 11.0 Å². The van der Waals surface area contributed by atoms with Crippen molar-refractivity contribution in [2.75, 3.05) is 23.7 Å². The SMILES string of the molecule is CCNC(=O)[C@@H](Cc1ccccc1)N(Cc1ccccc1F)C(=O)CN(c1ccc(C)c(C)c1)S(C)(=O)=O. The van der Waals surface area contributed by atoms with Crippen molar-refractivity contribution in [1.82, 2.24) is 10.2 Å². The van der Waals surface area contributed by atoms with E-state index in [-0.39, 0.29) is 18.5 Å². The number of sulfonamides is 1. The molecule has 3 rings (SSSR count). The molecule has 2 amide bonds. The zero-order valence-corrected chi connectivity index (χ0v) is 23.0. The minimum atomic E-state index is -3.86. The Morgan fingerprint density at radius 1 is 0.947 bits per heavy atom. The Bertz CT molecular complexity index is 1380. The lowest BCUT2D eigenvalue weighted by molar-refractivity contribution is -0.140. The predicted octanol–water partition coefficient (Wildman–Crippen LogP) is 3.98. The van der Waals surface area contributed by atoms with Gasteiger partial charge in [-0.3, -0.25) is 13.9 Å². The number of likely N-dealkylation sites (N-methyl/N-ethyl adjacent to an activating group) is 1. The van der Waals surface area contributed by atoms with E-state index in [0.29, 0.717) is 12.2 Å². The van der Waals surface area contributed by atoms with Crippen LogP contribution in [0.25, 0.3) is 0 Å². The van der Waals surface area contributed by atoms with Crippen LogP contribution in [0.4, 0.5) is 10.1 Å². The normalized spacial score (nSPS) is 12.0. The van der Waals surface area contributed by atoms with E-state index in [4.69, 9.17) is 0 Å². The van der Waals surface area contributed by atoms with Crippen LogP contribution in [0.2, 0.25) is 0 Å². The van der Waals surface area contributed by atoms with Gasteiger partial charge in [0, 0.05) is 25.1 Å². The number of hydrogen-bond donors (Lipinski definition) is 1. The van der Waals surface area contributed by atoms with Gasteiger partial charge in [-0.15, -0.1) is 0 Å². The molecule has 9 heteroatoms. The zero-order valence-electron chi connectivity index (χ0n) is 22.1. The number of carbonyl (C=O) groups excluding carboxylic acids is 2. The lowest BCUT2D eigenvalue weighted by Gasteiger charge is -2.33. The fourth-order valence-electron chi connectivity index (χ4n) is 4.15. The van der Waals surface area contributed by atoms with Crippen LogP contribution < -0.4 is 9.62 Å². The van der Waals surface area contributed by atoms with Gasteiger partial charge in [0.25, 0.3) is 0 Å². The van der Waals surface area contributed by atoms with Crippen molar-refractivity contribution < 1.29 is 22.4 Å². The van der Waals surface area contributed by atoms with Crippen molar-refractivity contribution in [3.8, 4) is 0 Å². The van der Waals surface area contributed by atoms with E-state index in [9.17, 15) is 22.4 Å². The highest BCUT2D eigenvalue weighted by Crippen LogP contribution is 2.23. The summed E-state index contributed by atoms with van der Waals surface area (Å²) in [7, 11) is -3.86. The number of anilines is 1. The first kappa shape index (κ1) is 28.8. The minimum Gasteiger partial charge on any atom is -0.355 e. The summed E-state index contributed by atoms with van der Waals surface area (Å²) in [4.78, 5) is 28.4. The van der Waals surface area contributed by atoms with Gasteiger partial charge in [-0.1, -0.05) is 54.6 Å². The van der Waals surface area contributed by atoms with Crippen LogP contribution in [0.5, 0.6) is 0 Å². The summed E-state index contributed by atoms with van der Waals surface area (Å²) < 4.78 is 41.4. The number of amides is 2. The molecule has 0 aliphatic rings. The molecule has 0 spiro atoms. The Hall–Kier alpha value is -3.72. The molecule has 38 heavy (non-hydrogen) atoms. The van der Waals surface area contributed by atoms with Crippen molar-refractivity contribution in [3.63, 3.8) is 0 Å². The molecular weight excluding hydrogens is 505 g/mol. The Morgan fingerprint density at radius 2 is 1.61 bits per heavy atom. The van der Waals surface area contributed by atoms with Gasteiger partial charge in [-0.2, -0.15) is 0 Å². The second kappa shape index (κ2) is 12.7. The quantitative estimate of drug-likeness (QED) is 0.399. The molecule has 3 aromatic rings. The van der Waals surface area contributed by atoms with Gasteiger partial charge >= 0.3 is 0 Å². The molecule has 0 radical (unpaired) electrons. The van der Waals surface area contributed by atoms with Crippen LogP contribution in [0, 0.1) is 19.7 Å². The molecule has 1 atom stereocenters. The first-order chi connectivity index (χ1) is 18.0. The number of hydrogen-bond acceptors (Lipinski definition) is 4. The lowest BCUT2D eigenvalue weighted by Crippen LogP contribution is -2.53. The topological polar surface area (TPSA) is 86.8 Å². The third-order valence-electron chi connectivity index (χ3n) is 6.38. The maximum Gasteiger partial charge on any atom is 0.244 e. The first-order valence-corrected chi connectivity index (χ1v) is 14.3. The fourth-order valence-corrected chi connectivity index (χ4v) is 4.99. The standard InChI is InChI=1S/C29H34FN3O4S/c1-5-31-29(35)27(18-23-11-7-6-8-12-23)32(19-24-13-9-10-14-26(24)30)28(34)20-33(38(4,36)37)25-16-15-21(2)22(3)17-25/h6-17,27H,5,18-20H2,1-4H3,(H,31,35)/t27-/m1/s1. The van der Waals surface area contributed by atoms with E-state index in [1.807, 2.05) is 44.2 Å². The summed E-state index contributed by atoms with van der Waals surface area (Å²) in [6, 6.07) is 19.4. The van der Waals surface area contributed by atoms with Crippen LogP contribution >= 0.6 is 0 Å². The van der Waals surface area contributed by atoms with Gasteiger partial charge in [-0.05, 0) is 55.7 Å². The largest absolute Gasteiger partial charge is 0.355 e. The molecule has 1 N–H and O–H groups in total. The number of halogens is 1. The monoisotopic (exact) mass is 539 g/mol. The molecule has 7 nitrogen and oxygen atoms in total. The minimum absolute atomic E-state index is 0.176. The first-order valence-electron chi connectivity index (χ1n) is 12.4. The molecule has 0 aliphatic carbocycles. The molecule has 0 saturated heterocycles. The highest BCUT2D eigenvalue weighted by molar-refractivity contribution is 7.92. The van der Waals surface area contributed by atoms with E-state index in [0.717, 1.165) is 27.3 Å². The van der Waals surface area contributed by atoms with Crippen LogP contribution in [0.1, 0.15) is 29.2 Å². The molecule has 0 heterocycles. The summed E-state index contributed by atoms with van der Waals surface area (Å²) in [5.74, 6) is -1.55. The maximum atomic E-state index is 14.7. The summed E-state index contributed by atoms with van der Waals surface area (Å²) in [5, 5.41) is 2.77. The Balaban J connectivity index is 2.06. The highest BCUT2D eigenvalue weighted by atomic mass is 32.2. The molecule has 3 aromatic carbocycles. The molecule has 0 unspecified atom stereocenters. The van der Waals surface area contributed by atoms with Gasteiger partial charge in [0.2, 0.25) is 21.8 Å². The number of nitrogens with zero attached hydrogens (tertiary/aromatic N) is 2. The van der Waals surface area contributed by atoms with Gasteiger partial charge in [0.1, 0.15) is 18.4 Å². The molecule has 0 aliphatic heterocycles. The maximum absolute atomic E-state index is 14.7. The summed E-state index contributed by atoms with van der Waals surface area (Å²) in [6.07, 6.45) is 1.21. The average molecular weight is 540 g/mol. The van der Waals surface area contributed by atoms with Gasteiger partial charge in [0.15, 0.2) is 0 Å². The van der Waals surface area contributed by atoms with Gasteiger partial charge in [0.05, 0.1) is 11.9 Å². The fraction of sp³-hybridized carbons (Fsp3) is 0.310. The van der Waals surface area contributed by atoms with Crippen molar-refractivity contribution in [3.05, 3.63) is 101 Å². The number of nitrogens with one attached hydrogen (secondary N) is 1. The van der Waals surface area contributed by atoms with Gasteiger partial charge < -0.3 is 10.2 Å². The summed E-state index contributed by atoms with van der Waals surface area (Å²) in [5.41, 5.74) is 3.22. The van der Waals surface area contributed by atoms with Crippen LogP contribution in [-0.2, 0) is 32.6 Å². The third kappa shape index (κ3) is 7.41. The molecule has 202 valence electrons. The van der Waals surface area contributed by atoms with Crippen LogP contribution in [0.3, 0.4) is 0 Å². The lowest BCUT2D eigenvalue weighted by atomic mass is 10.0. The second-order valence-electron chi connectivity index (χ2n) is 9.25. The smallest absolute Gasteiger partial charge is 0.244 e. The van der Waals surface area contributed by atoms with Crippen molar-refractivity contribution in [2.45, 2.75) is 39.8 Å². The average Bonchev–Trinajstić information content (AvgIpc) is 2.87. The zero-order chi connectivity index (χ0) is 27.9. The Morgan fingerprint density at radius 3 is 2.21 bits per heavy atom. The van der Waals surface area contributed by atoms with E-state index < -0.39 is 40.2 Å². The molecule has 0 aromatic heterocycles. The third-order valence-corrected chi connectivity index (χ3v) is 7.52. The number of carbonyl (C=O) groups is 2. The summed E-state index contributed by atoms with van der Waals surface area (Å²) >= 11 is 0. The molecule has 0 fully saturated rings. The molecule has 0 saturated carbocycles. The van der Waals surface area contributed by atoms with Crippen LogP contribution in [-0.4, -0.2) is 50.5 Å². The van der Waals surface area contributed by atoms with E-state index in [1.54, 1.807) is 43.3 Å². The molecular formula is C29H34FN3O4S. The van der Waals surface area contributed by atoms with Crippen molar-refractivity contribution in [2.24, 2.45) is 0 Å². The van der Waals surface area contributed by atoms with Gasteiger partial charge in [-0.25, -0.2) is 12.8 Å². The van der Waals surface area contributed by atoms with Crippen molar-refractivity contribution in [1.29, 1.82) is 0 Å². The Kier molecular flexibility index (Phi) is 9.63. The van der Waals surface area contributed by atoms with E-state index >= 15 is 0 Å². The number of aryl methyl sites for hydroxylation is 2. The van der Waals surface area contributed by atoms with E-state index in [2.05, 4.69) is 5.32 Å². The second-order valence-corrected chi connectivity index (χ2v) is 11.2. The van der Waals surface area contributed by atoms with Crippen LogP contribution in [0.15, 0.2) is 72.8 Å². The predicted molar refractivity (Wildman–Crippen MR) is 148 cm³/mol. The summed E-state index contributed by atoms with van der Waals surface area (Å²) in [6.45, 7) is 5.13. The number of benzene rings is 3. The van der Waals surface area contributed by atoms with Crippen molar-refractivity contribution >= 4 is 27.5 Å². The highest BCUT2D eigenvalue weighted by Gasteiger charge is 2.33. The molecule has 0 bridgehead atoms. The number of rotatable bonds is 11.